The van der Waals surface area contributed by atoms with Crippen molar-refractivity contribution in [2.45, 2.75) is 12.8 Å². The molecule has 0 heterocycles. The van der Waals surface area contributed by atoms with Crippen molar-refractivity contribution in [2.75, 3.05) is 0 Å². The van der Waals surface area contributed by atoms with Gasteiger partial charge in [0.05, 0.1) is 0 Å². The van der Waals surface area contributed by atoms with Gasteiger partial charge < -0.3 is 0 Å². The fraction of sp³-hybridized carbons (Fsp3) is 0.250. The Labute approximate surface area is 76.4 Å². The van der Waals surface area contributed by atoms with Crippen molar-refractivity contribution in [1.29, 1.82) is 0 Å². The highest BCUT2D eigenvalue weighted by Gasteiger charge is 2.31. The van der Waals surface area contributed by atoms with E-state index in [4.69, 9.17) is 0 Å². The van der Waals surface area contributed by atoms with Gasteiger partial charge in [-0.05, 0) is 35.3 Å². The summed E-state index contributed by atoms with van der Waals surface area (Å²) >= 11 is 0. The monoisotopic (exact) mass is 170 g/mol. The Bertz CT molecular complexity index is 492. The molecule has 64 valence electrons. The first kappa shape index (κ1) is 7.07. The van der Waals surface area contributed by atoms with E-state index in [9.17, 15) is 4.79 Å². The van der Waals surface area contributed by atoms with E-state index in [1.165, 1.54) is 18.1 Å². The van der Waals surface area contributed by atoms with Crippen LogP contribution in [-0.4, -0.2) is 5.78 Å². The van der Waals surface area contributed by atoms with Crippen LogP contribution in [0.2, 0.25) is 0 Å². The van der Waals surface area contributed by atoms with E-state index in [2.05, 4.69) is 6.07 Å². The van der Waals surface area contributed by atoms with Gasteiger partial charge in [0.25, 0.3) is 0 Å². The van der Waals surface area contributed by atoms with Crippen LogP contribution in [0.15, 0.2) is 24.3 Å². The zero-order valence-corrected chi connectivity index (χ0v) is 7.29. The van der Waals surface area contributed by atoms with E-state index in [-0.39, 0.29) is 5.78 Å². The molecule has 1 heteroatoms. The van der Waals surface area contributed by atoms with Gasteiger partial charge in [-0.2, -0.15) is 0 Å². The second-order valence-corrected chi connectivity index (χ2v) is 3.78. The number of ketones is 1. The van der Waals surface area contributed by atoms with Crippen molar-refractivity contribution in [3.8, 4) is 0 Å². The molecule has 0 N–H and O–H groups in total. The van der Waals surface area contributed by atoms with E-state index in [0.29, 0.717) is 5.92 Å². The first-order valence-corrected chi connectivity index (χ1v) is 4.71. The van der Waals surface area contributed by atoms with Gasteiger partial charge in [0, 0.05) is 5.57 Å². The van der Waals surface area contributed by atoms with E-state index >= 15 is 0 Å². The second kappa shape index (κ2) is 2.32. The van der Waals surface area contributed by atoms with Crippen molar-refractivity contribution in [3.63, 3.8) is 0 Å². The maximum absolute atomic E-state index is 11.6. The van der Waals surface area contributed by atoms with Crippen LogP contribution in [0.5, 0.6) is 0 Å². The lowest BCUT2D eigenvalue weighted by Crippen LogP contribution is -2.22. The van der Waals surface area contributed by atoms with Gasteiger partial charge in [-0.1, -0.05) is 24.3 Å². The summed E-state index contributed by atoms with van der Waals surface area (Å²) in [5.41, 5.74) is 1.07. The molecule has 2 aliphatic rings. The van der Waals surface area contributed by atoms with Gasteiger partial charge in [0.15, 0.2) is 5.78 Å². The number of Topliss-reactive ketones (excluding diaryl/α,β-unsaturated/α-hetero) is 1. The predicted octanol–water partition coefficient (Wildman–Crippen LogP) is 0.611. The molecule has 0 aliphatic heterocycles. The lowest BCUT2D eigenvalue weighted by Gasteiger charge is -1.94. The standard InChI is InChI=1S/C12H10O/c13-11-7-9-3-1-2-4-10(9)12(11)8-5-6-8/h1-4,7-8H,5-6H2. The highest BCUT2D eigenvalue weighted by Crippen LogP contribution is 2.37. The van der Waals surface area contributed by atoms with Crippen molar-refractivity contribution in [1.82, 2.24) is 0 Å². The number of rotatable bonds is 1. The summed E-state index contributed by atoms with van der Waals surface area (Å²) in [5, 5.41) is 2.28. The molecule has 0 amide bonds. The molecule has 1 nitrogen and oxygen atoms in total. The molecule has 0 saturated heterocycles. The van der Waals surface area contributed by atoms with E-state index in [1.54, 1.807) is 6.08 Å². The molecule has 1 saturated carbocycles. The molecule has 0 atom stereocenters. The zero-order valence-electron chi connectivity index (χ0n) is 7.29. The Morgan fingerprint density at radius 2 is 1.92 bits per heavy atom. The normalized spacial score (nSPS) is 20.0. The molecule has 0 bridgehead atoms. The fourth-order valence-corrected chi connectivity index (χ4v) is 2.01. The SMILES string of the molecule is O=C1C=c2ccccc2=C1C1CC1. The molecule has 0 spiro atoms. The maximum Gasteiger partial charge on any atom is 0.183 e. The van der Waals surface area contributed by atoms with Crippen LogP contribution in [0, 0.1) is 5.92 Å². The summed E-state index contributed by atoms with van der Waals surface area (Å²) in [6.07, 6.45) is 4.16. The Morgan fingerprint density at radius 3 is 2.69 bits per heavy atom. The second-order valence-electron chi connectivity index (χ2n) is 3.78. The molecular weight excluding hydrogens is 160 g/mol. The fourth-order valence-electron chi connectivity index (χ4n) is 2.01. The Kier molecular flexibility index (Phi) is 1.26. The number of benzene rings is 1. The Morgan fingerprint density at radius 1 is 1.15 bits per heavy atom. The van der Waals surface area contributed by atoms with E-state index in [0.717, 1.165) is 10.8 Å². The van der Waals surface area contributed by atoms with Gasteiger partial charge in [-0.15, -0.1) is 0 Å². The minimum absolute atomic E-state index is 0.240. The van der Waals surface area contributed by atoms with Crippen LogP contribution in [0.3, 0.4) is 0 Å². The molecule has 3 rings (SSSR count). The zero-order chi connectivity index (χ0) is 8.84. The molecular formula is C12H10O. The highest BCUT2D eigenvalue weighted by molar-refractivity contribution is 6.33. The average Bonchev–Trinajstić information content (AvgIpc) is 2.88. The molecule has 1 aromatic rings. The van der Waals surface area contributed by atoms with Crippen LogP contribution in [0.1, 0.15) is 12.8 Å². The summed E-state index contributed by atoms with van der Waals surface area (Å²) in [7, 11) is 0. The van der Waals surface area contributed by atoms with Gasteiger partial charge in [0.1, 0.15) is 0 Å². The van der Waals surface area contributed by atoms with Gasteiger partial charge in [-0.3, -0.25) is 4.79 Å². The minimum atomic E-state index is 0.240. The van der Waals surface area contributed by atoms with Gasteiger partial charge in [0.2, 0.25) is 0 Å². The van der Waals surface area contributed by atoms with Crippen LogP contribution >= 0.6 is 0 Å². The van der Waals surface area contributed by atoms with E-state index in [1.807, 2.05) is 18.2 Å². The van der Waals surface area contributed by atoms with Crippen molar-refractivity contribution < 1.29 is 4.79 Å². The molecule has 13 heavy (non-hydrogen) atoms. The summed E-state index contributed by atoms with van der Waals surface area (Å²) in [4.78, 5) is 11.6. The third kappa shape index (κ3) is 0.966. The van der Waals surface area contributed by atoms with Crippen molar-refractivity contribution in [3.05, 3.63) is 34.7 Å². The molecule has 0 unspecified atom stereocenters. The largest absolute Gasteiger partial charge is 0.290 e. The van der Waals surface area contributed by atoms with E-state index < -0.39 is 0 Å². The van der Waals surface area contributed by atoms with Crippen LogP contribution < -0.4 is 10.4 Å². The van der Waals surface area contributed by atoms with Crippen LogP contribution in [0.4, 0.5) is 0 Å². The molecule has 2 aliphatic carbocycles. The average molecular weight is 170 g/mol. The Hall–Kier alpha value is -1.37. The molecule has 0 aromatic heterocycles. The summed E-state index contributed by atoms with van der Waals surface area (Å²) in [5.74, 6) is 0.802. The number of fused-ring (bicyclic) bond motifs is 1. The first-order chi connectivity index (χ1) is 6.36. The number of hydrogen-bond donors (Lipinski definition) is 0. The third-order valence-electron chi connectivity index (χ3n) is 2.79. The lowest BCUT2D eigenvalue weighted by molar-refractivity contribution is -0.108. The molecule has 1 fully saturated rings. The summed E-state index contributed by atoms with van der Waals surface area (Å²) < 4.78 is 0. The number of carbonyl (C=O) groups excluding carboxylic acids is 1. The Balaban J connectivity index is 2.39. The number of hydrogen-bond acceptors (Lipinski definition) is 1. The first-order valence-electron chi connectivity index (χ1n) is 4.71. The summed E-state index contributed by atoms with van der Waals surface area (Å²) in [6.45, 7) is 0. The van der Waals surface area contributed by atoms with Crippen LogP contribution in [-0.2, 0) is 4.79 Å². The minimum Gasteiger partial charge on any atom is -0.290 e. The predicted molar refractivity (Wildman–Crippen MR) is 51.3 cm³/mol. The topological polar surface area (TPSA) is 17.1 Å². The van der Waals surface area contributed by atoms with Gasteiger partial charge >= 0.3 is 0 Å². The van der Waals surface area contributed by atoms with Crippen molar-refractivity contribution >= 4 is 17.4 Å². The molecule has 1 aromatic carbocycles. The van der Waals surface area contributed by atoms with Crippen LogP contribution in [0.25, 0.3) is 11.6 Å². The molecule has 0 radical (unpaired) electrons. The number of carbonyl (C=O) groups is 1. The third-order valence-corrected chi connectivity index (χ3v) is 2.79. The summed E-state index contributed by atoms with van der Waals surface area (Å²) in [6, 6.07) is 8.07. The maximum atomic E-state index is 11.6. The van der Waals surface area contributed by atoms with Gasteiger partial charge in [-0.25, -0.2) is 0 Å². The highest BCUT2D eigenvalue weighted by atomic mass is 16.1. The smallest absolute Gasteiger partial charge is 0.183 e. The van der Waals surface area contributed by atoms with Crippen molar-refractivity contribution in [2.24, 2.45) is 5.92 Å². The lowest BCUT2D eigenvalue weighted by atomic mass is 10.1. The quantitative estimate of drug-likeness (QED) is 0.603.